The molecule has 0 saturated heterocycles. The molecule has 0 spiro atoms. The highest BCUT2D eigenvalue weighted by Gasteiger charge is 2.16. The van der Waals surface area contributed by atoms with Crippen LogP contribution in [-0.4, -0.2) is 13.5 Å². The van der Waals surface area contributed by atoms with Crippen LogP contribution in [-0.2, 0) is 10.0 Å². The Morgan fingerprint density at radius 2 is 1.84 bits per heavy atom. The highest BCUT2D eigenvalue weighted by atomic mass is 79.9. The van der Waals surface area contributed by atoms with E-state index in [0.29, 0.717) is 5.69 Å². The lowest BCUT2D eigenvalue weighted by Crippen LogP contribution is -2.11. The van der Waals surface area contributed by atoms with Crippen molar-refractivity contribution in [1.29, 1.82) is 0 Å². The van der Waals surface area contributed by atoms with Crippen molar-refractivity contribution in [3.63, 3.8) is 0 Å². The van der Waals surface area contributed by atoms with Crippen molar-refractivity contribution in [2.75, 3.05) is 4.72 Å². The van der Waals surface area contributed by atoms with E-state index >= 15 is 0 Å². The first-order chi connectivity index (χ1) is 8.88. The van der Waals surface area contributed by atoms with Crippen molar-refractivity contribution < 1.29 is 13.5 Å². The van der Waals surface area contributed by atoms with Gasteiger partial charge < -0.3 is 5.11 Å². The summed E-state index contributed by atoms with van der Waals surface area (Å²) in [6.45, 7) is 1.66. The largest absolute Gasteiger partial charge is 0.389 e. The summed E-state index contributed by atoms with van der Waals surface area (Å²) in [5.41, 5.74) is 1.20. The Labute approximate surface area is 124 Å². The maximum Gasteiger partial charge on any atom is 0.271 e. The molecule has 1 aromatic carbocycles. The van der Waals surface area contributed by atoms with Crippen LogP contribution in [0, 0.1) is 0 Å². The summed E-state index contributed by atoms with van der Waals surface area (Å²) in [5, 5.41) is 9.39. The van der Waals surface area contributed by atoms with Gasteiger partial charge in [0.05, 0.1) is 9.89 Å². The molecule has 0 aliphatic carbocycles. The third-order valence-corrected chi connectivity index (χ3v) is 5.96. The van der Waals surface area contributed by atoms with Crippen molar-refractivity contribution >= 4 is 43.0 Å². The number of nitrogens with one attached hydrogen (secondary N) is 1. The van der Waals surface area contributed by atoms with Gasteiger partial charge in [-0.15, -0.1) is 11.3 Å². The van der Waals surface area contributed by atoms with Gasteiger partial charge in [0.2, 0.25) is 0 Å². The second kappa shape index (κ2) is 5.62. The average Bonchev–Trinajstić information content (AvgIpc) is 2.77. The van der Waals surface area contributed by atoms with Crippen LogP contribution in [0.15, 0.2) is 44.4 Å². The molecule has 1 atom stereocenters. The lowest BCUT2D eigenvalue weighted by atomic mass is 10.1. The summed E-state index contributed by atoms with van der Waals surface area (Å²) in [5.74, 6) is 0. The monoisotopic (exact) mass is 361 g/mol. The zero-order chi connectivity index (χ0) is 14.0. The number of halogens is 1. The summed E-state index contributed by atoms with van der Waals surface area (Å²) >= 11 is 4.38. The summed E-state index contributed by atoms with van der Waals surface area (Å²) in [7, 11) is -3.55. The third-order valence-electron chi connectivity index (χ3n) is 2.46. The maximum absolute atomic E-state index is 12.1. The molecule has 0 aliphatic rings. The van der Waals surface area contributed by atoms with Crippen molar-refractivity contribution in [3.8, 4) is 0 Å². The number of hydrogen-bond acceptors (Lipinski definition) is 4. The molecule has 4 nitrogen and oxygen atoms in total. The number of aliphatic hydroxyl groups is 1. The van der Waals surface area contributed by atoms with Crippen LogP contribution < -0.4 is 4.72 Å². The predicted octanol–water partition coefficient (Wildman–Crippen LogP) is 3.36. The molecular formula is C12H12BrNO3S2. The van der Waals surface area contributed by atoms with Gasteiger partial charge in [-0.3, -0.25) is 4.72 Å². The predicted molar refractivity (Wildman–Crippen MR) is 79.9 cm³/mol. The van der Waals surface area contributed by atoms with Gasteiger partial charge >= 0.3 is 0 Å². The van der Waals surface area contributed by atoms with Gasteiger partial charge in [0.15, 0.2) is 0 Å². The molecule has 0 fully saturated rings. The first kappa shape index (κ1) is 14.5. The third kappa shape index (κ3) is 3.56. The second-order valence-corrected chi connectivity index (χ2v) is 8.33. The van der Waals surface area contributed by atoms with Gasteiger partial charge in [0, 0.05) is 5.69 Å². The minimum absolute atomic E-state index is 0.249. The van der Waals surface area contributed by atoms with Gasteiger partial charge in [-0.25, -0.2) is 8.42 Å². The van der Waals surface area contributed by atoms with Crippen molar-refractivity contribution in [3.05, 3.63) is 45.7 Å². The summed E-state index contributed by atoms with van der Waals surface area (Å²) in [6, 6.07) is 9.86. The lowest BCUT2D eigenvalue weighted by Gasteiger charge is -2.08. The first-order valence-electron chi connectivity index (χ1n) is 5.45. The molecule has 0 saturated carbocycles. The molecule has 0 aliphatic heterocycles. The highest BCUT2D eigenvalue weighted by Crippen LogP contribution is 2.27. The van der Waals surface area contributed by atoms with E-state index in [2.05, 4.69) is 20.7 Å². The number of rotatable bonds is 4. The Hall–Kier alpha value is -0.890. The number of thiophene rings is 1. The van der Waals surface area contributed by atoms with Gasteiger partial charge in [0.25, 0.3) is 10.0 Å². The van der Waals surface area contributed by atoms with Crippen LogP contribution in [0.25, 0.3) is 0 Å². The maximum atomic E-state index is 12.1. The van der Waals surface area contributed by atoms with E-state index in [4.69, 9.17) is 0 Å². The zero-order valence-electron chi connectivity index (χ0n) is 10.00. The van der Waals surface area contributed by atoms with Gasteiger partial charge in [-0.05, 0) is 52.7 Å². The van der Waals surface area contributed by atoms with E-state index in [0.717, 1.165) is 20.7 Å². The van der Waals surface area contributed by atoms with Crippen molar-refractivity contribution in [2.24, 2.45) is 0 Å². The number of hydrogen-bond donors (Lipinski definition) is 2. The van der Waals surface area contributed by atoms with E-state index in [1.165, 1.54) is 0 Å². The Bertz CT molecular complexity index is 663. The molecule has 0 radical (unpaired) electrons. The van der Waals surface area contributed by atoms with E-state index < -0.39 is 16.1 Å². The Kier molecular flexibility index (Phi) is 4.29. The molecular weight excluding hydrogens is 350 g/mol. The fraction of sp³-hybridized carbons (Fsp3) is 0.167. The van der Waals surface area contributed by atoms with Crippen LogP contribution in [0.5, 0.6) is 0 Å². The van der Waals surface area contributed by atoms with Crippen LogP contribution in [0.3, 0.4) is 0 Å². The van der Waals surface area contributed by atoms with E-state index in [-0.39, 0.29) is 4.21 Å². The highest BCUT2D eigenvalue weighted by molar-refractivity contribution is 9.11. The normalized spacial score (nSPS) is 13.2. The number of anilines is 1. The second-order valence-electron chi connectivity index (χ2n) is 3.96. The lowest BCUT2D eigenvalue weighted by molar-refractivity contribution is 0.199. The smallest absolute Gasteiger partial charge is 0.271 e. The number of sulfonamides is 1. The molecule has 7 heteroatoms. The molecule has 2 aromatic rings. The van der Waals surface area contributed by atoms with E-state index in [9.17, 15) is 13.5 Å². The van der Waals surface area contributed by atoms with Gasteiger partial charge in [0.1, 0.15) is 4.21 Å². The molecule has 1 aromatic heterocycles. The molecule has 1 heterocycles. The van der Waals surface area contributed by atoms with E-state index in [1.54, 1.807) is 43.3 Å². The average molecular weight is 362 g/mol. The quantitative estimate of drug-likeness (QED) is 0.877. The molecule has 19 heavy (non-hydrogen) atoms. The minimum atomic E-state index is -3.55. The summed E-state index contributed by atoms with van der Waals surface area (Å²) < 4.78 is 27.6. The SMILES string of the molecule is CC(O)c1ccc(NS(=O)(=O)c2ccc(Br)s2)cc1. The summed E-state index contributed by atoms with van der Waals surface area (Å²) in [4.78, 5) is 0. The minimum Gasteiger partial charge on any atom is -0.389 e. The van der Waals surface area contributed by atoms with Crippen molar-refractivity contribution in [1.82, 2.24) is 0 Å². The Balaban J connectivity index is 2.21. The number of benzene rings is 1. The molecule has 0 bridgehead atoms. The van der Waals surface area contributed by atoms with E-state index in [1.807, 2.05) is 0 Å². The Morgan fingerprint density at radius 3 is 2.32 bits per heavy atom. The first-order valence-corrected chi connectivity index (χ1v) is 8.54. The fourth-order valence-electron chi connectivity index (χ4n) is 1.48. The topological polar surface area (TPSA) is 66.4 Å². The van der Waals surface area contributed by atoms with Crippen LogP contribution >= 0.6 is 27.3 Å². The molecule has 2 rings (SSSR count). The van der Waals surface area contributed by atoms with Crippen molar-refractivity contribution in [2.45, 2.75) is 17.2 Å². The van der Waals surface area contributed by atoms with Gasteiger partial charge in [-0.2, -0.15) is 0 Å². The Morgan fingerprint density at radius 1 is 1.21 bits per heavy atom. The fourth-order valence-corrected chi connectivity index (χ4v) is 4.55. The molecule has 1 unspecified atom stereocenters. The molecule has 0 amide bonds. The van der Waals surface area contributed by atoms with Crippen LogP contribution in [0.1, 0.15) is 18.6 Å². The zero-order valence-corrected chi connectivity index (χ0v) is 13.2. The van der Waals surface area contributed by atoms with Crippen LogP contribution in [0.4, 0.5) is 5.69 Å². The molecule has 102 valence electrons. The standard InChI is InChI=1S/C12H12BrNO3S2/c1-8(15)9-2-4-10(5-3-9)14-19(16,17)12-7-6-11(13)18-12/h2-8,14-15H,1H3. The number of aliphatic hydroxyl groups excluding tert-OH is 1. The van der Waals surface area contributed by atoms with Crippen LogP contribution in [0.2, 0.25) is 0 Å². The van der Waals surface area contributed by atoms with Gasteiger partial charge in [-0.1, -0.05) is 12.1 Å². The molecule has 2 N–H and O–H groups in total. The summed E-state index contributed by atoms with van der Waals surface area (Å²) in [6.07, 6.45) is -0.570.